The molecule has 0 aliphatic heterocycles. The van der Waals surface area contributed by atoms with Crippen LogP contribution in [0.2, 0.25) is 0 Å². The highest BCUT2D eigenvalue weighted by atomic mass is 15.0. The van der Waals surface area contributed by atoms with Crippen LogP contribution in [0.1, 0.15) is 0 Å². The highest BCUT2D eigenvalue weighted by molar-refractivity contribution is 6.15. The molecule has 0 radical (unpaired) electrons. The molecule has 0 fully saturated rings. The summed E-state index contributed by atoms with van der Waals surface area (Å²) in [6.07, 6.45) is 2.05. The van der Waals surface area contributed by atoms with Gasteiger partial charge in [0.15, 0.2) is 0 Å². The van der Waals surface area contributed by atoms with Crippen molar-refractivity contribution < 1.29 is 0 Å². The van der Waals surface area contributed by atoms with Gasteiger partial charge in [0.2, 0.25) is 0 Å². The van der Waals surface area contributed by atoms with Crippen LogP contribution in [-0.2, 0) is 0 Å². The molecule has 2 nitrogen and oxygen atoms in total. The minimum atomic E-state index is 0.997. The van der Waals surface area contributed by atoms with E-state index in [1.54, 1.807) is 0 Å². The van der Waals surface area contributed by atoms with Crippen molar-refractivity contribution >= 4 is 32.6 Å². The van der Waals surface area contributed by atoms with Crippen LogP contribution in [0, 0.1) is 0 Å². The van der Waals surface area contributed by atoms with Crippen molar-refractivity contribution in [2.75, 3.05) is 0 Å². The number of hydrogen-bond donors (Lipinski definition) is 0. The lowest BCUT2D eigenvalue weighted by Crippen LogP contribution is -1.92. The molecule has 2 heteroatoms. The first-order chi connectivity index (χ1) is 20.3. The molecule has 1 aliphatic carbocycles. The average Bonchev–Trinajstić information content (AvgIpc) is 3.55. The summed E-state index contributed by atoms with van der Waals surface area (Å²) in [6.45, 7) is 0. The average molecular weight is 521 g/mol. The molecule has 2 aromatic heterocycles. The van der Waals surface area contributed by atoms with Gasteiger partial charge in [0.05, 0.1) is 16.7 Å². The van der Waals surface area contributed by atoms with Gasteiger partial charge in [-0.25, -0.2) is 0 Å². The summed E-state index contributed by atoms with van der Waals surface area (Å²) < 4.78 is 2.36. The molecule has 0 saturated heterocycles. The highest BCUT2D eigenvalue weighted by Gasteiger charge is 2.22. The molecule has 0 atom stereocenters. The predicted octanol–water partition coefficient (Wildman–Crippen LogP) is 10.3. The van der Waals surface area contributed by atoms with E-state index in [1.165, 1.54) is 71.6 Å². The predicted molar refractivity (Wildman–Crippen MR) is 171 cm³/mol. The van der Waals surface area contributed by atoms with E-state index in [-0.39, 0.29) is 0 Å². The third-order valence-corrected chi connectivity index (χ3v) is 8.57. The molecular formula is C39H24N2. The van der Waals surface area contributed by atoms with E-state index in [4.69, 9.17) is 4.98 Å². The van der Waals surface area contributed by atoms with Gasteiger partial charge in [0, 0.05) is 33.8 Å². The molecule has 8 aromatic rings. The molecule has 41 heavy (non-hydrogen) atoms. The Morgan fingerprint density at radius 1 is 0.439 bits per heavy atom. The van der Waals surface area contributed by atoms with E-state index in [9.17, 15) is 0 Å². The van der Waals surface area contributed by atoms with Crippen LogP contribution in [0.5, 0.6) is 0 Å². The summed E-state index contributed by atoms with van der Waals surface area (Å²) in [5.41, 5.74) is 13.2. The van der Waals surface area contributed by atoms with Gasteiger partial charge < -0.3 is 4.57 Å². The van der Waals surface area contributed by atoms with Crippen molar-refractivity contribution in [2.24, 2.45) is 0 Å². The van der Waals surface area contributed by atoms with Crippen LogP contribution in [0.3, 0.4) is 0 Å². The van der Waals surface area contributed by atoms with Gasteiger partial charge in [0.1, 0.15) is 0 Å². The summed E-state index contributed by atoms with van der Waals surface area (Å²) in [7, 11) is 0. The first-order valence-electron chi connectivity index (χ1n) is 14.1. The lowest BCUT2D eigenvalue weighted by atomic mass is 9.98. The minimum absolute atomic E-state index is 0.997. The van der Waals surface area contributed by atoms with Gasteiger partial charge in [-0.3, -0.25) is 4.98 Å². The van der Waals surface area contributed by atoms with E-state index >= 15 is 0 Å². The van der Waals surface area contributed by atoms with Crippen LogP contribution >= 0.6 is 0 Å². The lowest BCUT2D eigenvalue weighted by Gasteiger charge is -2.10. The van der Waals surface area contributed by atoms with Crippen molar-refractivity contribution in [3.63, 3.8) is 0 Å². The fourth-order valence-electron chi connectivity index (χ4n) is 6.71. The van der Waals surface area contributed by atoms with Crippen molar-refractivity contribution in [3.8, 4) is 50.3 Å². The summed E-state index contributed by atoms with van der Waals surface area (Å²) in [6, 6.07) is 50.3. The fourth-order valence-corrected chi connectivity index (χ4v) is 6.71. The number of pyridine rings is 1. The third-order valence-electron chi connectivity index (χ3n) is 8.57. The smallest absolute Gasteiger partial charge is 0.0708 e. The molecule has 6 aromatic carbocycles. The Labute approximate surface area is 237 Å². The molecule has 0 amide bonds. The molecule has 0 spiro atoms. The Hall–Kier alpha value is -5.47. The maximum absolute atomic E-state index is 4.95. The summed E-state index contributed by atoms with van der Waals surface area (Å²) in [5.74, 6) is 0. The van der Waals surface area contributed by atoms with Crippen molar-refractivity contribution in [1.82, 2.24) is 9.55 Å². The van der Waals surface area contributed by atoms with Gasteiger partial charge in [0.25, 0.3) is 0 Å². The summed E-state index contributed by atoms with van der Waals surface area (Å²) in [4.78, 5) is 4.95. The Bertz CT molecular complexity index is 2300. The number of para-hydroxylation sites is 2. The van der Waals surface area contributed by atoms with Crippen LogP contribution in [0.25, 0.3) is 82.9 Å². The number of hydrogen-bond acceptors (Lipinski definition) is 1. The molecule has 0 unspecified atom stereocenters. The van der Waals surface area contributed by atoms with Gasteiger partial charge in [-0.2, -0.15) is 0 Å². The molecule has 190 valence electrons. The summed E-state index contributed by atoms with van der Waals surface area (Å²) in [5, 5.41) is 5.14. The fraction of sp³-hybridized carbons (Fsp3) is 0. The molecule has 0 saturated carbocycles. The first-order valence-corrected chi connectivity index (χ1v) is 14.1. The SMILES string of the molecule is c1ccc(-n2c3ccccc3c3cc(-c4cccc(-c5cc6c(cn5)-c5cccc7cccc-6c57)c4)ccc32)cc1. The second-order valence-corrected chi connectivity index (χ2v) is 10.8. The summed E-state index contributed by atoms with van der Waals surface area (Å²) >= 11 is 0. The monoisotopic (exact) mass is 520 g/mol. The van der Waals surface area contributed by atoms with E-state index in [0.717, 1.165) is 11.3 Å². The van der Waals surface area contributed by atoms with E-state index in [2.05, 4.69) is 150 Å². The zero-order valence-corrected chi connectivity index (χ0v) is 22.3. The van der Waals surface area contributed by atoms with Gasteiger partial charge >= 0.3 is 0 Å². The first kappa shape index (κ1) is 22.4. The number of nitrogens with zero attached hydrogens (tertiary/aromatic N) is 2. The molecular weight excluding hydrogens is 496 g/mol. The van der Waals surface area contributed by atoms with Crippen molar-refractivity contribution in [1.29, 1.82) is 0 Å². The Balaban J connectivity index is 1.17. The maximum atomic E-state index is 4.95. The topological polar surface area (TPSA) is 17.8 Å². The standard InChI is InChI=1S/C39H24N2/c1-2-13-29(14-3-1)41-37-18-5-4-15-30(37)34-22-27(19-20-38(34)41)26-11-6-12-28(21-26)36-23-33-31-16-7-9-25-10-8-17-32(39(25)31)35(33)24-40-36/h1-24H. The van der Waals surface area contributed by atoms with Gasteiger partial charge in [-0.15, -0.1) is 0 Å². The third kappa shape index (κ3) is 3.28. The maximum Gasteiger partial charge on any atom is 0.0708 e. The normalized spacial score (nSPS) is 11.9. The quantitative estimate of drug-likeness (QED) is 0.227. The van der Waals surface area contributed by atoms with E-state index in [1.807, 2.05) is 0 Å². The van der Waals surface area contributed by atoms with Crippen LogP contribution in [0.15, 0.2) is 146 Å². The van der Waals surface area contributed by atoms with Crippen molar-refractivity contribution in [3.05, 3.63) is 146 Å². The minimum Gasteiger partial charge on any atom is -0.309 e. The van der Waals surface area contributed by atoms with Crippen LogP contribution < -0.4 is 0 Å². The number of benzene rings is 6. The molecule has 2 heterocycles. The molecule has 1 aliphatic rings. The number of rotatable bonds is 3. The molecule has 9 rings (SSSR count). The van der Waals surface area contributed by atoms with E-state index < -0.39 is 0 Å². The zero-order valence-electron chi connectivity index (χ0n) is 22.3. The Morgan fingerprint density at radius 2 is 1.15 bits per heavy atom. The lowest BCUT2D eigenvalue weighted by molar-refractivity contribution is 1.18. The largest absolute Gasteiger partial charge is 0.309 e. The number of fused-ring (bicyclic) bond motifs is 6. The number of aromatic nitrogens is 2. The highest BCUT2D eigenvalue weighted by Crippen LogP contribution is 2.47. The molecule has 0 N–H and O–H groups in total. The molecule has 0 bridgehead atoms. The Kier molecular flexibility index (Phi) is 4.64. The zero-order chi connectivity index (χ0) is 26.9. The second kappa shape index (κ2) is 8.51. The van der Waals surface area contributed by atoms with Crippen LogP contribution in [-0.4, -0.2) is 9.55 Å². The van der Waals surface area contributed by atoms with Gasteiger partial charge in [-0.05, 0) is 81.1 Å². The van der Waals surface area contributed by atoms with E-state index in [0.29, 0.717) is 0 Å². The Morgan fingerprint density at radius 3 is 2.02 bits per heavy atom. The van der Waals surface area contributed by atoms with Crippen molar-refractivity contribution in [2.45, 2.75) is 0 Å². The van der Waals surface area contributed by atoms with Crippen LogP contribution in [0.4, 0.5) is 0 Å². The van der Waals surface area contributed by atoms with Gasteiger partial charge in [-0.1, -0.05) is 97.1 Å². The second-order valence-electron chi connectivity index (χ2n) is 10.8.